The third kappa shape index (κ3) is 14.5. The van der Waals surface area contributed by atoms with E-state index in [1.165, 1.54) is 30.9 Å². The number of allylic oxidation sites excluding steroid dienone is 1. The second-order valence-electron chi connectivity index (χ2n) is 9.36. The van der Waals surface area contributed by atoms with Gasteiger partial charge in [-0.05, 0) is 57.4 Å². The molecule has 0 saturated carbocycles. The summed E-state index contributed by atoms with van der Waals surface area (Å²) in [5.41, 5.74) is 1.29. The van der Waals surface area contributed by atoms with E-state index in [-0.39, 0.29) is 6.29 Å². The number of hydrogen-bond acceptors (Lipinski definition) is 4. The Bertz CT molecular complexity index is 419. The van der Waals surface area contributed by atoms with E-state index in [0.29, 0.717) is 25.4 Å². The van der Waals surface area contributed by atoms with Crippen LogP contribution in [-0.2, 0) is 18.9 Å². The van der Waals surface area contributed by atoms with Crippen LogP contribution < -0.4 is 0 Å². The summed E-state index contributed by atoms with van der Waals surface area (Å²) >= 11 is 2.44. The van der Waals surface area contributed by atoms with Crippen LogP contribution in [0.4, 0.5) is 0 Å². The Hall–Kier alpha value is 0.527. The summed E-state index contributed by atoms with van der Waals surface area (Å²) in [6.07, 6.45) is 9.47. The fourth-order valence-corrected chi connectivity index (χ4v) is 4.45. The highest BCUT2D eigenvalue weighted by atomic mass is 127. The third-order valence-electron chi connectivity index (χ3n) is 4.96. The molecule has 4 nitrogen and oxygen atoms in total. The van der Waals surface area contributed by atoms with Gasteiger partial charge in [0, 0.05) is 25.7 Å². The lowest BCUT2D eigenvalue weighted by Gasteiger charge is -2.28. The lowest BCUT2D eigenvalue weighted by atomic mass is 9.98. The van der Waals surface area contributed by atoms with Gasteiger partial charge in [-0.3, -0.25) is 0 Å². The highest BCUT2D eigenvalue weighted by Crippen LogP contribution is 2.22. The summed E-state index contributed by atoms with van der Waals surface area (Å²) in [5, 5.41) is 0. The van der Waals surface area contributed by atoms with Crippen molar-refractivity contribution in [2.24, 2.45) is 5.92 Å². The smallest absolute Gasteiger partial charge is 0.157 e. The Morgan fingerprint density at radius 2 is 2.04 bits per heavy atom. The summed E-state index contributed by atoms with van der Waals surface area (Å²) in [4.78, 5) is 0. The van der Waals surface area contributed by atoms with Crippen molar-refractivity contribution in [3.8, 4) is 0 Å². The molecular weight excluding hydrogens is 483 g/mol. The van der Waals surface area contributed by atoms with Gasteiger partial charge in [-0.25, -0.2) is 0 Å². The first-order valence-corrected chi connectivity index (χ1v) is 16.2. The molecule has 1 heterocycles. The Morgan fingerprint density at radius 3 is 2.68 bits per heavy atom. The van der Waals surface area contributed by atoms with E-state index in [4.69, 9.17) is 18.9 Å². The molecule has 0 aromatic rings. The molecule has 166 valence electrons. The predicted molar refractivity (Wildman–Crippen MR) is 129 cm³/mol. The molecule has 3 unspecified atom stereocenters. The number of halogens is 1. The molecule has 0 amide bonds. The molecule has 1 fully saturated rings. The molecule has 0 aliphatic carbocycles. The van der Waals surface area contributed by atoms with Crippen molar-refractivity contribution >= 4 is 30.7 Å². The minimum absolute atomic E-state index is 0.0213. The first kappa shape index (κ1) is 26.6. The number of alkyl halides is 1. The number of ether oxygens (including phenoxy) is 4. The van der Waals surface area contributed by atoms with Crippen LogP contribution in [0, 0.1) is 5.92 Å². The van der Waals surface area contributed by atoms with Crippen LogP contribution in [0.3, 0.4) is 0 Å². The van der Waals surface area contributed by atoms with Crippen LogP contribution in [0.5, 0.6) is 0 Å². The van der Waals surface area contributed by atoms with Crippen LogP contribution in [0.2, 0.25) is 25.7 Å². The second kappa shape index (κ2) is 15.3. The first-order chi connectivity index (χ1) is 13.3. The van der Waals surface area contributed by atoms with E-state index >= 15 is 0 Å². The zero-order valence-corrected chi connectivity index (χ0v) is 22.0. The molecule has 0 spiro atoms. The first-order valence-electron chi connectivity index (χ1n) is 10.9. The SMILES string of the molecule is C/C(=C\CCC(C)CC(CI)OC1CCCCO1)COCOCC[Si](C)(C)C. The second-order valence-corrected chi connectivity index (χ2v) is 15.9. The summed E-state index contributed by atoms with van der Waals surface area (Å²) in [5.74, 6) is 0.651. The summed E-state index contributed by atoms with van der Waals surface area (Å²) in [7, 11) is -1.00. The van der Waals surface area contributed by atoms with E-state index in [1.54, 1.807) is 0 Å². The highest BCUT2D eigenvalue weighted by Gasteiger charge is 2.20. The van der Waals surface area contributed by atoms with Crippen molar-refractivity contribution in [2.45, 2.75) is 90.5 Å². The fraction of sp³-hybridized carbons (Fsp3) is 0.909. The van der Waals surface area contributed by atoms with Crippen molar-refractivity contribution in [2.75, 3.05) is 31.0 Å². The predicted octanol–water partition coefficient (Wildman–Crippen LogP) is 6.41. The molecule has 1 rings (SSSR count). The lowest BCUT2D eigenvalue weighted by molar-refractivity contribution is -0.185. The minimum Gasteiger partial charge on any atom is -0.356 e. The molecule has 3 atom stereocenters. The van der Waals surface area contributed by atoms with Crippen molar-refractivity contribution in [3.05, 3.63) is 11.6 Å². The highest BCUT2D eigenvalue weighted by molar-refractivity contribution is 14.1. The monoisotopic (exact) mass is 526 g/mol. The van der Waals surface area contributed by atoms with Crippen molar-refractivity contribution in [3.63, 3.8) is 0 Å². The Kier molecular flexibility index (Phi) is 14.6. The largest absolute Gasteiger partial charge is 0.356 e. The Labute approximate surface area is 188 Å². The molecule has 0 bridgehead atoms. The van der Waals surface area contributed by atoms with E-state index in [2.05, 4.69) is 62.2 Å². The maximum atomic E-state index is 6.17. The van der Waals surface area contributed by atoms with Crippen molar-refractivity contribution in [1.82, 2.24) is 0 Å². The molecule has 0 aromatic carbocycles. The van der Waals surface area contributed by atoms with E-state index in [9.17, 15) is 0 Å². The normalized spacial score (nSPS) is 20.9. The topological polar surface area (TPSA) is 36.9 Å². The van der Waals surface area contributed by atoms with Gasteiger partial charge in [0.05, 0.1) is 12.7 Å². The summed E-state index contributed by atoms with van der Waals surface area (Å²) in [6, 6.07) is 1.19. The Morgan fingerprint density at radius 1 is 1.25 bits per heavy atom. The van der Waals surface area contributed by atoms with E-state index < -0.39 is 8.07 Å². The average Bonchev–Trinajstić information content (AvgIpc) is 2.64. The van der Waals surface area contributed by atoms with E-state index in [0.717, 1.165) is 36.9 Å². The standard InChI is InChI=1S/C22H43IO4Si/c1-19(15-21(16-23)27-22-11-6-7-12-26-22)9-8-10-20(2)17-25-18-24-13-14-28(3,4)5/h10,19,21-22H,6-9,11-18H2,1-5H3/b20-10+. The molecule has 1 saturated heterocycles. The summed E-state index contributed by atoms with van der Waals surface area (Å²) in [6.45, 7) is 14.3. The number of hydrogen-bond donors (Lipinski definition) is 0. The fourth-order valence-electron chi connectivity index (χ4n) is 3.13. The molecule has 0 N–H and O–H groups in total. The van der Waals surface area contributed by atoms with Gasteiger partial charge in [0.15, 0.2) is 6.29 Å². The van der Waals surface area contributed by atoms with Gasteiger partial charge in [-0.2, -0.15) is 0 Å². The van der Waals surface area contributed by atoms with Gasteiger partial charge in [0.1, 0.15) is 6.79 Å². The number of rotatable bonds is 15. The van der Waals surface area contributed by atoms with E-state index in [1.807, 2.05) is 0 Å². The molecule has 0 aromatic heterocycles. The van der Waals surface area contributed by atoms with Crippen molar-refractivity contribution < 1.29 is 18.9 Å². The lowest BCUT2D eigenvalue weighted by Crippen LogP contribution is -2.29. The molecule has 1 aliphatic rings. The van der Waals surface area contributed by atoms with Crippen molar-refractivity contribution in [1.29, 1.82) is 0 Å². The van der Waals surface area contributed by atoms with Crippen LogP contribution >= 0.6 is 22.6 Å². The zero-order chi connectivity index (χ0) is 20.8. The molecular formula is C22H43IO4Si. The minimum atomic E-state index is -1.00. The van der Waals surface area contributed by atoms with Gasteiger partial charge in [-0.15, -0.1) is 0 Å². The molecule has 28 heavy (non-hydrogen) atoms. The van der Waals surface area contributed by atoms with Crippen LogP contribution in [-0.4, -0.2) is 51.5 Å². The average molecular weight is 527 g/mol. The molecule has 0 radical (unpaired) electrons. The van der Waals surface area contributed by atoms with Gasteiger partial charge >= 0.3 is 0 Å². The molecule has 1 aliphatic heterocycles. The maximum Gasteiger partial charge on any atom is 0.157 e. The Balaban J connectivity index is 2.11. The summed E-state index contributed by atoms with van der Waals surface area (Å²) < 4.78 is 24.1. The van der Waals surface area contributed by atoms with Gasteiger partial charge < -0.3 is 18.9 Å². The van der Waals surface area contributed by atoms with Gasteiger partial charge in [0.2, 0.25) is 0 Å². The van der Waals surface area contributed by atoms with Gasteiger partial charge in [-0.1, -0.05) is 60.8 Å². The maximum absolute atomic E-state index is 6.17. The molecule has 6 heteroatoms. The zero-order valence-electron chi connectivity index (χ0n) is 18.8. The van der Waals surface area contributed by atoms with Gasteiger partial charge in [0.25, 0.3) is 0 Å². The van der Waals surface area contributed by atoms with Crippen LogP contribution in [0.15, 0.2) is 11.6 Å². The van der Waals surface area contributed by atoms with Crippen LogP contribution in [0.1, 0.15) is 52.4 Å². The van der Waals surface area contributed by atoms with Crippen LogP contribution in [0.25, 0.3) is 0 Å². The third-order valence-corrected chi connectivity index (χ3v) is 7.65. The quantitative estimate of drug-likeness (QED) is 0.0617.